The second kappa shape index (κ2) is 11.1. The van der Waals surface area contributed by atoms with Crippen LogP contribution in [0.5, 0.6) is 0 Å². The molecule has 10 aromatic rings. The molecule has 10 rings (SSSR count). The molecule has 0 saturated heterocycles. The van der Waals surface area contributed by atoms with Crippen molar-refractivity contribution in [2.45, 2.75) is 0 Å². The molecular formula is C48H30O. The first-order chi connectivity index (χ1) is 31.4. The molecule has 0 spiro atoms. The maximum absolute atomic E-state index is 9.91. The SMILES string of the molecule is [2H]c1c([2H])c([2H])c(-c2c3c([2H])c([2H])c([2H])c([2H])c3c(-c3c([2H])c([2H])c([2H])c(-c4cccc5c4oc4cc(-c6cccc7ccccc67)ccc45)c3[2H])c3c([2H])c([2H])c([2H])c([2H])c23)c([2H])c1[2H]. The minimum atomic E-state index is -0.826. The van der Waals surface area contributed by atoms with Crippen LogP contribution in [0.4, 0.5) is 0 Å². The molecule has 0 aliphatic rings. The number of hydrogen-bond acceptors (Lipinski definition) is 1. The van der Waals surface area contributed by atoms with Crippen molar-refractivity contribution in [2.75, 3.05) is 0 Å². The number of hydrogen-bond donors (Lipinski definition) is 0. The van der Waals surface area contributed by atoms with Gasteiger partial charge in [-0.25, -0.2) is 0 Å². The summed E-state index contributed by atoms with van der Waals surface area (Å²) >= 11 is 0. The zero-order chi connectivity index (χ0) is 47.1. The average Bonchev–Trinajstić information content (AvgIpc) is 3.70. The van der Waals surface area contributed by atoms with Crippen molar-refractivity contribution in [1.82, 2.24) is 0 Å². The monoisotopic (exact) mass is 639 g/mol. The third-order valence-electron chi connectivity index (χ3n) is 8.87. The molecule has 1 aromatic heterocycles. The fourth-order valence-corrected chi connectivity index (χ4v) is 6.74. The highest BCUT2D eigenvalue weighted by Crippen LogP contribution is 2.45. The van der Waals surface area contributed by atoms with Gasteiger partial charge in [-0.05, 0) is 89.4 Å². The Morgan fingerprint density at radius 2 is 0.980 bits per heavy atom. The molecule has 0 aliphatic heterocycles. The lowest BCUT2D eigenvalue weighted by molar-refractivity contribution is 0.670. The van der Waals surface area contributed by atoms with Gasteiger partial charge in [0.15, 0.2) is 0 Å². The molecule has 228 valence electrons. The van der Waals surface area contributed by atoms with Crippen molar-refractivity contribution in [3.05, 3.63) is 182 Å². The Morgan fingerprint density at radius 3 is 1.76 bits per heavy atom. The lowest BCUT2D eigenvalue weighted by Gasteiger charge is -2.18. The van der Waals surface area contributed by atoms with Gasteiger partial charge in [0.1, 0.15) is 11.2 Å². The summed E-state index contributed by atoms with van der Waals surface area (Å²) in [6.45, 7) is 0. The van der Waals surface area contributed by atoms with Gasteiger partial charge < -0.3 is 4.42 Å². The van der Waals surface area contributed by atoms with E-state index in [9.17, 15) is 11.0 Å². The van der Waals surface area contributed by atoms with Gasteiger partial charge in [0.05, 0.1) is 23.3 Å². The lowest BCUT2D eigenvalue weighted by atomic mass is 9.85. The molecule has 0 saturated carbocycles. The van der Waals surface area contributed by atoms with E-state index in [4.69, 9.17) is 16.8 Å². The van der Waals surface area contributed by atoms with Crippen LogP contribution in [0.2, 0.25) is 0 Å². The van der Waals surface area contributed by atoms with Gasteiger partial charge in [-0.2, -0.15) is 0 Å². The Hall–Kier alpha value is -6.44. The van der Waals surface area contributed by atoms with E-state index in [1.54, 1.807) is 18.2 Å². The van der Waals surface area contributed by atoms with Crippen LogP contribution < -0.4 is 0 Å². The maximum Gasteiger partial charge on any atom is 0.143 e. The second-order valence-electron chi connectivity index (χ2n) is 11.5. The van der Waals surface area contributed by atoms with Crippen LogP contribution >= 0.6 is 0 Å². The van der Waals surface area contributed by atoms with Crippen molar-refractivity contribution in [1.29, 1.82) is 0 Å². The van der Waals surface area contributed by atoms with Crippen LogP contribution in [0.15, 0.2) is 186 Å². The summed E-state index contributed by atoms with van der Waals surface area (Å²) in [4.78, 5) is 0. The van der Waals surface area contributed by atoms with Crippen LogP contribution in [0, 0.1) is 0 Å². The Bertz CT molecular complexity index is 3740. The number of furan rings is 1. The second-order valence-corrected chi connectivity index (χ2v) is 11.5. The Kier molecular flexibility index (Phi) is 3.54. The van der Waals surface area contributed by atoms with E-state index < -0.39 is 147 Å². The predicted molar refractivity (Wildman–Crippen MR) is 208 cm³/mol. The van der Waals surface area contributed by atoms with Crippen LogP contribution in [-0.4, -0.2) is 0 Å². The summed E-state index contributed by atoms with van der Waals surface area (Å²) < 4.78 is 160. The molecule has 49 heavy (non-hydrogen) atoms. The Balaban J connectivity index is 1.36. The number of rotatable bonds is 4. The molecule has 0 unspecified atom stereocenters. The molecule has 0 atom stereocenters. The molecular weight excluding hydrogens is 593 g/mol. The highest BCUT2D eigenvalue weighted by atomic mass is 16.3. The third-order valence-corrected chi connectivity index (χ3v) is 8.87. The average molecular weight is 640 g/mol. The summed E-state index contributed by atoms with van der Waals surface area (Å²) in [5.74, 6) is 0. The zero-order valence-electron chi connectivity index (χ0n) is 42.4. The topological polar surface area (TPSA) is 13.1 Å². The van der Waals surface area contributed by atoms with Crippen LogP contribution in [0.3, 0.4) is 0 Å². The Morgan fingerprint density at radius 1 is 0.388 bits per heavy atom. The van der Waals surface area contributed by atoms with Gasteiger partial charge in [0, 0.05) is 16.3 Å². The quantitative estimate of drug-likeness (QED) is 0.175. The molecule has 1 heterocycles. The predicted octanol–water partition coefficient (Wildman–Crippen LogP) is 13.7. The van der Waals surface area contributed by atoms with Crippen molar-refractivity contribution < 1.29 is 27.7 Å². The standard InChI is InChI=1S/C48H30O/c1-2-14-32(15-3-1)46-40-20-6-8-22-42(40)47(43-23-9-7-21-41(43)46)35-18-10-17-33(29-35)38-25-12-26-44-39-28-27-34(30-45(39)49-48(38)44)37-24-11-16-31-13-4-5-19-36(31)37/h1-30H/i1D,2D,3D,6D,7D,8D,9D,10D,14D,15D,17D,18D,20D,21D,22D,23D,29D. The van der Waals surface area contributed by atoms with Gasteiger partial charge in [-0.1, -0.05) is 163 Å². The van der Waals surface area contributed by atoms with Gasteiger partial charge in [-0.3, -0.25) is 0 Å². The van der Waals surface area contributed by atoms with Crippen LogP contribution in [0.25, 0.3) is 98.8 Å². The largest absolute Gasteiger partial charge is 0.455 e. The lowest BCUT2D eigenvalue weighted by Crippen LogP contribution is -1.91. The molecule has 1 heteroatoms. The van der Waals surface area contributed by atoms with E-state index in [1.165, 1.54) is 0 Å². The molecule has 1 nitrogen and oxygen atoms in total. The molecule has 0 bridgehead atoms. The van der Waals surface area contributed by atoms with E-state index in [1.807, 2.05) is 60.7 Å². The van der Waals surface area contributed by atoms with Gasteiger partial charge in [0.2, 0.25) is 0 Å². The minimum Gasteiger partial charge on any atom is -0.455 e. The van der Waals surface area contributed by atoms with E-state index in [0.717, 1.165) is 21.9 Å². The fraction of sp³-hybridized carbons (Fsp3) is 0. The highest BCUT2D eigenvalue weighted by Gasteiger charge is 2.18. The van der Waals surface area contributed by atoms with Crippen molar-refractivity contribution >= 4 is 54.3 Å². The van der Waals surface area contributed by atoms with Crippen molar-refractivity contribution in [3.8, 4) is 44.5 Å². The van der Waals surface area contributed by atoms with Crippen molar-refractivity contribution in [3.63, 3.8) is 0 Å². The van der Waals surface area contributed by atoms with Gasteiger partial charge in [-0.15, -0.1) is 0 Å². The maximum atomic E-state index is 9.91. The normalized spacial score (nSPS) is 16.5. The number of benzene rings is 9. The summed E-state index contributed by atoms with van der Waals surface area (Å²) in [5.41, 5.74) is 0.327. The van der Waals surface area contributed by atoms with Crippen LogP contribution in [0.1, 0.15) is 23.3 Å². The van der Waals surface area contributed by atoms with E-state index in [0.29, 0.717) is 16.4 Å². The van der Waals surface area contributed by atoms with E-state index >= 15 is 0 Å². The highest BCUT2D eigenvalue weighted by molar-refractivity contribution is 6.21. The molecule has 0 aliphatic carbocycles. The minimum absolute atomic E-state index is 0.160. The number of para-hydroxylation sites is 1. The fourth-order valence-electron chi connectivity index (χ4n) is 6.74. The smallest absolute Gasteiger partial charge is 0.143 e. The van der Waals surface area contributed by atoms with Gasteiger partial charge in [0.25, 0.3) is 0 Å². The summed E-state index contributed by atoms with van der Waals surface area (Å²) in [6, 6.07) is 11.5. The molecule has 9 aromatic carbocycles. The zero-order valence-corrected chi connectivity index (χ0v) is 25.4. The molecule has 0 fully saturated rings. The molecule has 0 radical (unpaired) electrons. The molecule has 0 amide bonds. The van der Waals surface area contributed by atoms with E-state index in [2.05, 4.69) is 0 Å². The third kappa shape index (κ3) is 4.40. The number of fused-ring (bicyclic) bond motifs is 6. The first-order valence-electron chi connectivity index (χ1n) is 24.0. The first-order valence-corrected chi connectivity index (χ1v) is 15.5. The summed E-state index contributed by atoms with van der Waals surface area (Å²) in [6.07, 6.45) is 0. The van der Waals surface area contributed by atoms with Gasteiger partial charge >= 0.3 is 0 Å². The van der Waals surface area contributed by atoms with Crippen molar-refractivity contribution in [2.24, 2.45) is 0 Å². The van der Waals surface area contributed by atoms with Crippen LogP contribution in [-0.2, 0) is 0 Å². The summed E-state index contributed by atoms with van der Waals surface area (Å²) in [5, 5.41) is 1.31. The summed E-state index contributed by atoms with van der Waals surface area (Å²) in [7, 11) is 0. The molecule has 0 N–H and O–H groups in total. The first kappa shape index (κ1) is 15.6. The van der Waals surface area contributed by atoms with E-state index in [-0.39, 0.29) is 16.7 Å². The Labute approximate surface area is 308 Å².